The van der Waals surface area contributed by atoms with Gasteiger partial charge in [0, 0.05) is 29.1 Å². The molecule has 0 saturated carbocycles. The van der Waals surface area contributed by atoms with Gasteiger partial charge in [-0.2, -0.15) is 0 Å². The summed E-state index contributed by atoms with van der Waals surface area (Å²) in [4.78, 5) is 3.43. The van der Waals surface area contributed by atoms with Crippen LogP contribution < -0.4 is 5.73 Å². The Hall–Kier alpha value is -1.72. The van der Waals surface area contributed by atoms with Gasteiger partial charge in [-0.1, -0.05) is 18.2 Å². The molecular weight excluding hydrogens is 273 g/mol. The van der Waals surface area contributed by atoms with Crippen molar-refractivity contribution in [2.75, 3.05) is 13.6 Å². The van der Waals surface area contributed by atoms with Gasteiger partial charge in [-0.25, -0.2) is 4.39 Å². The summed E-state index contributed by atoms with van der Waals surface area (Å²) >= 11 is 1.74. The Morgan fingerprint density at radius 3 is 2.80 bits per heavy atom. The molecule has 2 aromatic rings. The van der Waals surface area contributed by atoms with E-state index in [2.05, 4.69) is 16.3 Å². The molecule has 3 nitrogen and oxygen atoms in total. The van der Waals surface area contributed by atoms with Crippen LogP contribution in [0.4, 0.5) is 4.39 Å². The Morgan fingerprint density at radius 1 is 1.40 bits per heavy atom. The second kappa shape index (κ2) is 6.63. The van der Waals surface area contributed by atoms with Crippen molar-refractivity contribution >= 4 is 17.2 Å². The molecule has 0 aliphatic heterocycles. The van der Waals surface area contributed by atoms with Gasteiger partial charge in [0.25, 0.3) is 0 Å². The number of hydrogen-bond donors (Lipinski definition) is 2. The summed E-state index contributed by atoms with van der Waals surface area (Å²) in [7, 11) is 1.98. The number of nitrogens with two attached hydrogens (primary N) is 1. The van der Waals surface area contributed by atoms with Crippen molar-refractivity contribution in [1.29, 1.82) is 5.41 Å². The molecule has 2 rings (SSSR count). The smallest absolute Gasteiger partial charge is 0.128 e. The molecule has 20 heavy (non-hydrogen) atoms. The Kier molecular flexibility index (Phi) is 4.87. The molecule has 0 bridgehead atoms. The molecule has 106 valence electrons. The van der Waals surface area contributed by atoms with E-state index in [1.54, 1.807) is 23.5 Å². The van der Waals surface area contributed by atoms with E-state index in [1.165, 1.54) is 10.9 Å². The first-order valence-corrected chi connectivity index (χ1v) is 7.28. The van der Waals surface area contributed by atoms with Crippen LogP contribution in [-0.4, -0.2) is 24.3 Å². The van der Waals surface area contributed by atoms with Crippen LogP contribution in [0.5, 0.6) is 0 Å². The number of likely N-dealkylation sites (N-methyl/N-ethyl adjacent to an activating group) is 1. The van der Waals surface area contributed by atoms with Gasteiger partial charge in [-0.05, 0) is 31.0 Å². The molecule has 1 aromatic carbocycles. The standard InChI is InChI=1S/C15H18FN3S/c1-19(7-6-13-3-2-8-20-13)10-12-5-4-11(15(17)18)9-14(12)16/h2-5,8-9H,6-7,10H2,1H3,(H3,17,18). The average Bonchev–Trinajstić information content (AvgIpc) is 2.91. The Morgan fingerprint density at radius 2 is 2.20 bits per heavy atom. The SMILES string of the molecule is CN(CCc1cccs1)Cc1ccc(C(=N)N)cc1F. The summed E-state index contributed by atoms with van der Waals surface area (Å²) < 4.78 is 13.9. The molecule has 0 aliphatic carbocycles. The summed E-state index contributed by atoms with van der Waals surface area (Å²) in [6.45, 7) is 1.43. The largest absolute Gasteiger partial charge is 0.384 e. The van der Waals surface area contributed by atoms with Crippen LogP contribution in [0.15, 0.2) is 35.7 Å². The molecule has 0 unspecified atom stereocenters. The summed E-state index contributed by atoms with van der Waals surface area (Å²) in [5.74, 6) is -0.415. The second-order valence-corrected chi connectivity index (χ2v) is 5.82. The lowest BCUT2D eigenvalue weighted by Gasteiger charge is -2.17. The number of halogens is 1. The first-order chi connectivity index (χ1) is 9.56. The molecule has 0 spiro atoms. The number of benzene rings is 1. The molecule has 0 amide bonds. The topological polar surface area (TPSA) is 53.1 Å². The fraction of sp³-hybridized carbons (Fsp3) is 0.267. The molecule has 3 N–H and O–H groups in total. The molecule has 0 saturated heterocycles. The Bertz CT molecular complexity index is 581. The number of hydrogen-bond acceptors (Lipinski definition) is 3. The highest BCUT2D eigenvalue weighted by Gasteiger charge is 2.08. The molecular formula is C15H18FN3S. The lowest BCUT2D eigenvalue weighted by Crippen LogP contribution is -2.21. The van der Waals surface area contributed by atoms with Gasteiger partial charge < -0.3 is 10.6 Å². The number of rotatable bonds is 6. The van der Waals surface area contributed by atoms with Crippen molar-refractivity contribution < 1.29 is 4.39 Å². The van der Waals surface area contributed by atoms with Gasteiger partial charge in [-0.3, -0.25) is 5.41 Å². The van der Waals surface area contributed by atoms with Gasteiger partial charge in [0.2, 0.25) is 0 Å². The van der Waals surface area contributed by atoms with E-state index in [0.717, 1.165) is 13.0 Å². The van der Waals surface area contributed by atoms with Crippen LogP contribution in [0.2, 0.25) is 0 Å². The van der Waals surface area contributed by atoms with E-state index in [4.69, 9.17) is 11.1 Å². The van der Waals surface area contributed by atoms with E-state index in [1.807, 2.05) is 13.1 Å². The van der Waals surface area contributed by atoms with Crippen molar-refractivity contribution in [3.63, 3.8) is 0 Å². The predicted octanol–water partition coefficient (Wildman–Crippen LogP) is 2.85. The molecule has 5 heteroatoms. The van der Waals surface area contributed by atoms with Crippen molar-refractivity contribution in [3.05, 3.63) is 57.5 Å². The normalized spacial score (nSPS) is 10.9. The summed E-state index contributed by atoms with van der Waals surface area (Å²) in [6.07, 6.45) is 0.974. The van der Waals surface area contributed by atoms with E-state index >= 15 is 0 Å². The highest BCUT2D eigenvalue weighted by molar-refractivity contribution is 7.09. The predicted molar refractivity (Wildman–Crippen MR) is 81.8 cm³/mol. The van der Waals surface area contributed by atoms with Crippen LogP contribution >= 0.6 is 11.3 Å². The highest BCUT2D eigenvalue weighted by atomic mass is 32.1. The summed E-state index contributed by atoms with van der Waals surface area (Å²) in [6, 6.07) is 8.87. The third-order valence-electron chi connectivity index (χ3n) is 3.12. The zero-order chi connectivity index (χ0) is 14.5. The summed E-state index contributed by atoms with van der Waals surface area (Å²) in [5, 5.41) is 9.36. The van der Waals surface area contributed by atoms with Gasteiger partial charge in [0.05, 0.1) is 0 Å². The van der Waals surface area contributed by atoms with Crippen LogP contribution in [0.1, 0.15) is 16.0 Å². The lowest BCUT2D eigenvalue weighted by atomic mass is 10.1. The Labute approximate surface area is 122 Å². The van der Waals surface area contributed by atoms with E-state index in [-0.39, 0.29) is 11.7 Å². The van der Waals surface area contributed by atoms with Crippen molar-refractivity contribution in [3.8, 4) is 0 Å². The molecule has 0 fully saturated rings. The third-order valence-corrected chi connectivity index (χ3v) is 4.06. The van der Waals surface area contributed by atoms with Crippen LogP contribution in [0.25, 0.3) is 0 Å². The van der Waals surface area contributed by atoms with Gasteiger partial charge in [-0.15, -0.1) is 11.3 Å². The number of amidine groups is 1. The minimum atomic E-state index is -0.305. The number of nitrogens with zero attached hydrogens (tertiary/aromatic N) is 1. The van der Waals surface area contributed by atoms with E-state index < -0.39 is 0 Å². The Balaban J connectivity index is 1.93. The summed E-state index contributed by atoms with van der Waals surface area (Å²) in [5.41, 5.74) is 6.40. The maximum atomic E-state index is 13.9. The second-order valence-electron chi connectivity index (χ2n) is 4.79. The molecule has 1 heterocycles. The minimum absolute atomic E-state index is 0.110. The molecule has 0 atom stereocenters. The first-order valence-electron chi connectivity index (χ1n) is 6.40. The number of nitrogen functional groups attached to an aromatic ring is 1. The number of thiophene rings is 1. The quantitative estimate of drug-likeness (QED) is 0.635. The van der Waals surface area contributed by atoms with Crippen LogP contribution in [-0.2, 0) is 13.0 Å². The zero-order valence-electron chi connectivity index (χ0n) is 11.4. The minimum Gasteiger partial charge on any atom is -0.384 e. The maximum absolute atomic E-state index is 13.9. The third kappa shape index (κ3) is 3.88. The molecule has 1 aromatic heterocycles. The molecule has 0 aliphatic rings. The van der Waals surface area contributed by atoms with Gasteiger partial charge in [0.1, 0.15) is 11.7 Å². The molecule has 0 radical (unpaired) electrons. The zero-order valence-corrected chi connectivity index (χ0v) is 12.2. The lowest BCUT2D eigenvalue weighted by molar-refractivity contribution is 0.326. The monoisotopic (exact) mass is 291 g/mol. The van der Waals surface area contributed by atoms with Gasteiger partial charge in [0.15, 0.2) is 0 Å². The van der Waals surface area contributed by atoms with Crippen molar-refractivity contribution in [1.82, 2.24) is 4.90 Å². The first kappa shape index (κ1) is 14.7. The van der Waals surface area contributed by atoms with Crippen LogP contribution in [0, 0.1) is 11.2 Å². The highest BCUT2D eigenvalue weighted by Crippen LogP contribution is 2.14. The fourth-order valence-corrected chi connectivity index (χ4v) is 2.67. The van der Waals surface area contributed by atoms with Crippen molar-refractivity contribution in [2.45, 2.75) is 13.0 Å². The van der Waals surface area contributed by atoms with Crippen LogP contribution in [0.3, 0.4) is 0 Å². The maximum Gasteiger partial charge on any atom is 0.128 e. The van der Waals surface area contributed by atoms with E-state index in [9.17, 15) is 4.39 Å². The average molecular weight is 291 g/mol. The fourth-order valence-electron chi connectivity index (χ4n) is 1.97. The van der Waals surface area contributed by atoms with Gasteiger partial charge >= 0.3 is 0 Å². The van der Waals surface area contributed by atoms with Crippen molar-refractivity contribution in [2.24, 2.45) is 5.73 Å². The van der Waals surface area contributed by atoms with E-state index in [0.29, 0.717) is 17.7 Å². The number of nitrogens with one attached hydrogen (secondary N) is 1.